The van der Waals surface area contributed by atoms with E-state index in [0.717, 1.165) is 0 Å². The Labute approximate surface area is 140 Å². The number of aromatic nitrogens is 2. The number of anilines is 1. The van der Waals surface area contributed by atoms with E-state index in [1.54, 1.807) is 0 Å². The molecule has 10 heteroatoms. The Kier molecular flexibility index (Phi) is 4.54. The Morgan fingerprint density at radius 3 is 2.60 bits per heavy atom. The molecule has 1 aromatic heterocycles. The first-order valence-corrected chi connectivity index (χ1v) is 7.97. The van der Waals surface area contributed by atoms with Gasteiger partial charge in [0.05, 0.1) is 23.7 Å². The Morgan fingerprint density at radius 2 is 1.96 bits per heavy atom. The summed E-state index contributed by atoms with van der Waals surface area (Å²) < 4.78 is 64.9. The van der Waals surface area contributed by atoms with Gasteiger partial charge < -0.3 is 10.6 Å². The molecule has 1 amide bonds. The van der Waals surface area contributed by atoms with Gasteiger partial charge >= 0.3 is 6.18 Å². The van der Waals surface area contributed by atoms with Crippen LogP contribution in [0.5, 0.6) is 0 Å². The largest absolute Gasteiger partial charge is 0.391 e. The summed E-state index contributed by atoms with van der Waals surface area (Å²) in [5, 5.41) is 0. The maximum absolute atomic E-state index is 13.1. The molecule has 2 atom stereocenters. The van der Waals surface area contributed by atoms with Gasteiger partial charge in [0.1, 0.15) is 5.69 Å². The van der Waals surface area contributed by atoms with Crippen molar-refractivity contribution < 1.29 is 26.7 Å². The second kappa shape index (κ2) is 6.38. The van der Waals surface area contributed by atoms with Crippen molar-refractivity contribution in [2.45, 2.75) is 44.8 Å². The number of nitrogens with two attached hydrogens (primary N) is 1. The SMILES string of the molecule is Nc1nc2c(c(C(F)F)n1)C(=O)N(C[C@H]1CCC[C@H](C(F)(F)F)C1)C2. The molecule has 1 fully saturated rings. The van der Waals surface area contributed by atoms with Crippen LogP contribution in [-0.2, 0) is 6.54 Å². The van der Waals surface area contributed by atoms with Crippen molar-refractivity contribution in [2.75, 3.05) is 12.3 Å². The molecule has 1 saturated carbocycles. The minimum Gasteiger partial charge on any atom is -0.368 e. The molecule has 1 aliphatic carbocycles. The number of carbonyl (C=O) groups is 1. The summed E-state index contributed by atoms with van der Waals surface area (Å²) in [6.45, 7) is 0.0537. The molecule has 25 heavy (non-hydrogen) atoms. The van der Waals surface area contributed by atoms with E-state index in [2.05, 4.69) is 9.97 Å². The summed E-state index contributed by atoms with van der Waals surface area (Å²) in [5.74, 6) is -2.71. The quantitative estimate of drug-likeness (QED) is 0.835. The fourth-order valence-corrected chi connectivity index (χ4v) is 3.68. The summed E-state index contributed by atoms with van der Waals surface area (Å²) in [5.41, 5.74) is 4.52. The second-order valence-electron chi connectivity index (χ2n) is 6.55. The molecule has 138 valence electrons. The molecule has 2 heterocycles. The highest BCUT2D eigenvalue weighted by Gasteiger charge is 2.43. The number of carbonyl (C=O) groups excluding carboxylic acids is 1. The summed E-state index contributed by atoms with van der Waals surface area (Å²) in [6.07, 6.45) is -6.20. The van der Waals surface area contributed by atoms with E-state index in [1.165, 1.54) is 4.90 Å². The van der Waals surface area contributed by atoms with Crippen LogP contribution in [0.1, 0.15) is 53.9 Å². The molecule has 0 bridgehead atoms. The number of nitrogens with zero attached hydrogens (tertiary/aromatic N) is 3. The van der Waals surface area contributed by atoms with Crippen LogP contribution in [0, 0.1) is 11.8 Å². The van der Waals surface area contributed by atoms with E-state index < -0.39 is 30.1 Å². The number of halogens is 5. The number of rotatable bonds is 3. The van der Waals surface area contributed by atoms with Crippen LogP contribution < -0.4 is 5.73 Å². The minimum atomic E-state index is -4.25. The number of hydrogen-bond donors (Lipinski definition) is 1. The van der Waals surface area contributed by atoms with E-state index in [-0.39, 0.29) is 49.1 Å². The number of fused-ring (bicyclic) bond motifs is 1. The van der Waals surface area contributed by atoms with Gasteiger partial charge in [0.15, 0.2) is 0 Å². The zero-order chi connectivity index (χ0) is 18.4. The summed E-state index contributed by atoms with van der Waals surface area (Å²) in [4.78, 5) is 21.0. The summed E-state index contributed by atoms with van der Waals surface area (Å²) >= 11 is 0. The lowest BCUT2D eigenvalue weighted by Crippen LogP contribution is -2.35. The molecular weight excluding hydrogens is 347 g/mol. The Morgan fingerprint density at radius 1 is 1.24 bits per heavy atom. The molecule has 0 unspecified atom stereocenters. The zero-order valence-corrected chi connectivity index (χ0v) is 13.2. The second-order valence-corrected chi connectivity index (χ2v) is 6.55. The average Bonchev–Trinajstić information content (AvgIpc) is 2.81. The lowest BCUT2D eigenvalue weighted by molar-refractivity contribution is -0.186. The van der Waals surface area contributed by atoms with Crippen LogP contribution in [0.4, 0.5) is 27.9 Å². The van der Waals surface area contributed by atoms with Gasteiger partial charge in [-0.2, -0.15) is 13.2 Å². The third kappa shape index (κ3) is 3.52. The predicted molar refractivity (Wildman–Crippen MR) is 77.6 cm³/mol. The van der Waals surface area contributed by atoms with Gasteiger partial charge in [-0.15, -0.1) is 0 Å². The first-order chi connectivity index (χ1) is 11.7. The maximum Gasteiger partial charge on any atom is 0.391 e. The number of hydrogen-bond acceptors (Lipinski definition) is 4. The zero-order valence-electron chi connectivity index (χ0n) is 13.2. The Hall–Kier alpha value is -2.00. The normalized spacial score (nSPS) is 24.1. The predicted octanol–water partition coefficient (Wildman–Crippen LogP) is 3.32. The first-order valence-electron chi connectivity index (χ1n) is 7.97. The van der Waals surface area contributed by atoms with Crippen LogP contribution in [0.15, 0.2) is 0 Å². The van der Waals surface area contributed by atoms with E-state index >= 15 is 0 Å². The smallest absolute Gasteiger partial charge is 0.368 e. The lowest BCUT2D eigenvalue weighted by Gasteiger charge is -2.32. The molecule has 1 aliphatic heterocycles. The molecule has 0 saturated heterocycles. The fraction of sp³-hybridized carbons (Fsp3) is 0.667. The molecule has 1 aromatic rings. The molecular formula is C15H17F5N4O. The molecule has 0 spiro atoms. The number of alkyl halides is 5. The highest BCUT2D eigenvalue weighted by molar-refractivity contribution is 5.99. The van der Waals surface area contributed by atoms with Gasteiger partial charge in [-0.05, 0) is 25.2 Å². The Bertz CT molecular complexity index is 679. The standard InChI is InChI=1S/C15H17F5N4O/c16-12(17)11-10-9(22-14(21)23-11)6-24(13(10)25)5-7-2-1-3-8(4-7)15(18,19)20/h7-8,12H,1-6H2,(H2,21,22,23)/t7-,8-/m0/s1. The highest BCUT2D eigenvalue weighted by atomic mass is 19.4. The van der Waals surface area contributed by atoms with Crippen LogP contribution in [0.3, 0.4) is 0 Å². The van der Waals surface area contributed by atoms with Crippen molar-refractivity contribution in [3.05, 3.63) is 17.0 Å². The number of amides is 1. The van der Waals surface area contributed by atoms with Crippen molar-refractivity contribution in [3.8, 4) is 0 Å². The Balaban J connectivity index is 1.75. The van der Waals surface area contributed by atoms with Crippen molar-refractivity contribution in [3.63, 3.8) is 0 Å². The van der Waals surface area contributed by atoms with Crippen LogP contribution in [-0.4, -0.2) is 33.5 Å². The van der Waals surface area contributed by atoms with Gasteiger partial charge in [-0.25, -0.2) is 18.7 Å². The fourth-order valence-electron chi connectivity index (χ4n) is 3.68. The highest BCUT2D eigenvalue weighted by Crippen LogP contribution is 2.41. The first kappa shape index (κ1) is 17.8. The van der Waals surface area contributed by atoms with Crippen LogP contribution in [0.2, 0.25) is 0 Å². The maximum atomic E-state index is 13.1. The monoisotopic (exact) mass is 364 g/mol. The van der Waals surface area contributed by atoms with Gasteiger partial charge in [0.2, 0.25) is 5.95 Å². The van der Waals surface area contributed by atoms with Gasteiger partial charge in [0.25, 0.3) is 12.3 Å². The van der Waals surface area contributed by atoms with Gasteiger partial charge in [0, 0.05) is 6.54 Å². The molecule has 2 N–H and O–H groups in total. The topological polar surface area (TPSA) is 72.1 Å². The summed E-state index contributed by atoms with van der Waals surface area (Å²) in [7, 11) is 0. The third-order valence-corrected chi connectivity index (χ3v) is 4.80. The van der Waals surface area contributed by atoms with Gasteiger partial charge in [-0.3, -0.25) is 4.79 Å². The van der Waals surface area contributed by atoms with Crippen molar-refractivity contribution >= 4 is 11.9 Å². The van der Waals surface area contributed by atoms with Crippen molar-refractivity contribution in [1.82, 2.24) is 14.9 Å². The van der Waals surface area contributed by atoms with E-state index in [1.807, 2.05) is 0 Å². The van der Waals surface area contributed by atoms with E-state index in [0.29, 0.717) is 12.8 Å². The van der Waals surface area contributed by atoms with Crippen LogP contribution >= 0.6 is 0 Å². The third-order valence-electron chi connectivity index (χ3n) is 4.80. The van der Waals surface area contributed by atoms with Crippen molar-refractivity contribution in [1.29, 1.82) is 0 Å². The molecule has 0 aromatic carbocycles. The molecule has 2 aliphatic rings. The molecule has 0 radical (unpaired) electrons. The molecule has 5 nitrogen and oxygen atoms in total. The van der Waals surface area contributed by atoms with Crippen molar-refractivity contribution in [2.24, 2.45) is 11.8 Å². The number of nitrogen functional groups attached to an aromatic ring is 1. The lowest BCUT2D eigenvalue weighted by atomic mass is 9.81. The molecule has 3 rings (SSSR count). The van der Waals surface area contributed by atoms with Crippen LogP contribution in [0.25, 0.3) is 0 Å². The van der Waals surface area contributed by atoms with Gasteiger partial charge in [-0.1, -0.05) is 6.42 Å². The summed E-state index contributed by atoms with van der Waals surface area (Å²) in [6, 6.07) is 0. The van der Waals surface area contributed by atoms with E-state index in [9.17, 15) is 26.7 Å². The average molecular weight is 364 g/mol. The minimum absolute atomic E-state index is 0.0339. The van der Waals surface area contributed by atoms with E-state index in [4.69, 9.17) is 5.73 Å².